The van der Waals surface area contributed by atoms with Gasteiger partial charge in [-0.1, -0.05) is 17.3 Å². The lowest BCUT2D eigenvalue weighted by Crippen LogP contribution is -2.05. The number of alkyl halides is 3. The number of hydrogen-bond acceptors (Lipinski definition) is 5. The van der Waals surface area contributed by atoms with Crippen molar-refractivity contribution in [2.24, 2.45) is 0 Å². The summed E-state index contributed by atoms with van der Waals surface area (Å²) in [6.45, 7) is 3.24. The van der Waals surface area contributed by atoms with E-state index in [9.17, 15) is 13.2 Å². The van der Waals surface area contributed by atoms with Gasteiger partial charge in [-0.2, -0.15) is 13.2 Å². The van der Waals surface area contributed by atoms with Crippen molar-refractivity contribution >= 4 is 22.8 Å². The zero-order valence-electron chi connectivity index (χ0n) is 12.7. The van der Waals surface area contributed by atoms with Crippen LogP contribution in [0.2, 0.25) is 0 Å². The third kappa shape index (κ3) is 5.71. The maximum atomic E-state index is 12.5. The number of carbonyl (C=O) groups is 1. The van der Waals surface area contributed by atoms with Gasteiger partial charge in [-0.3, -0.25) is 4.98 Å². The van der Waals surface area contributed by atoms with Crippen LogP contribution in [0.1, 0.15) is 28.6 Å². The van der Waals surface area contributed by atoms with Crippen LogP contribution in [-0.2, 0) is 11.0 Å². The van der Waals surface area contributed by atoms with Gasteiger partial charge in [0, 0.05) is 25.0 Å². The molecule has 2 rings (SSSR count). The number of pyridine rings is 1. The first kappa shape index (κ1) is 18.6. The van der Waals surface area contributed by atoms with Crippen LogP contribution in [0.25, 0.3) is 0 Å². The van der Waals surface area contributed by atoms with E-state index in [-0.39, 0.29) is 5.56 Å². The van der Waals surface area contributed by atoms with E-state index in [4.69, 9.17) is 4.79 Å². The molecule has 0 unspecified atom stereocenters. The molecule has 0 aliphatic rings. The largest absolute Gasteiger partial charge is 0.417 e. The molecule has 0 amide bonds. The van der Waals surface area contributed by atoms with Crippen molar-refractivity contribution in [3.8, 4) is 11.8 Å². The third-order valence-electron chi connectivity index (χ3n) is 2.40. The predicted molar refractivity (Wildman–Crippen MR) is 83.4 cm³/mol. The fourth-order valence-electron chi connectivity index (χ4n) is 1.41. The minimum atomic E-state index is -4.41. The average molecular weight is 341 g/mol. The maximum Gasteiger partial charge on any atom is 0.417 e. The van der Waals surface area contributed by atoms with Gasteiger partial charge < -0.3 is 10.1 Å². The molecular formula is C15H14F3N3OS. The molecule has 8 heteroatoms. The van der Waals surface area contributed by atoms with E-state index < -0.39 is 11.7 Å². The van der Waals surface area contributed by atoms with Crippen LogP contribution in [0.15, 0.2) is 18.5 Å². The number of anilines is 1. The summed E-state index contributed by atoms with van der Waals surface area (Å²) in [7, 11) is 1.74. The van der Waals surface area contributed by atoms with Crippen molar-refractivity contribution < 1.29 is 18.0 Å². The van der Waals surface area contributed by atoms with Crippen LogP contribution in [-0.4, -0.2) is 23.3 Å². The van der Waals surface area contributed by atoms with E-state index in [2.05, 4.69) is 27.1 Å². The first-order valence-corrected chi connectivity index (χ1v) is 7.22. The van der Waals surface area contributed by atoms with E-state index in [0.29, 0.717) is 10.0 Å². The summed E-state index contributed by atoms with van der Waals surface area (Å²) in [4.78, 5) is 17.3. The zero-order chi connectivity index (χ0) is 17.5. The maximum absolute atomic E-state index is 12.5. The zero-order valence-corrected chi connectivity index (χ0v) is 13.5. The Kier molecular flexibility index (Phi) is 6.72. The second-order valence-electron chi connectivity index (χ2n) is 4.13. The highest BCUT2D eigenvalue weighted by Crippen LogP contribution is 2.28. The van der Waals surface area contributed by atoms with Crippen LogP contribution in [0.5, 0.6) is 0 Å². The summed E-state index contributed by atoms with van der Waals surface area (Å²) in [6, 6.07) is 0.981. The molecule has 0 aliphatic carbocycles. The van der Waals surface area contributed by atoms with Crippen molar-refractivity contribution in [3.05, 3.63) is 40.2 Å². The Hall–Kier alpha value is -2.40. The molecule has 23 heavy (non-hydrogen) atoms. The Morgan fingerprint density at radius 2 is 1.96 bits per heavy atom. The van der Waals surface area contributed by atoms with Gasteiger partial charge in [0.25, 0.3) is 0 Å². The number of aryl methyl sites for hydroxylation is 1. The first-order chi connectivity index (χ1) is 10.8. The molecule has 0 radical (unpaired) electrons. The molecule has 122 valence electrons. The van der Waals surface area contributed by atoms with Crippen molar-refractivity contribution in [1.82, 2.24) is 9.97 Å². The van der Waals surface area contributed by atoms with Crippen molar-refractivity contribution in [2.75, 3.05) is 12.4 Å². The van der Waals surface area contributed by atoms with Crippen LogP contribution in [0.4, 0.5) is 18.3 Å². The fraction of sp³-hybridized carbons (Fsp3) is 0.267. The molecule has 0 bridgehead atoms. The molecule has 1 N–H and O–H groups in total. The Balaban J connectivity index is 0.000000816. The minimum absolute atomic E-state index is 0.221. The number of aldehydes is 1. The lowest BCUT2D eigenvalue weighted by atomic mass is 10.2. The Morgan fingerprint density at radius 3 is 2.48 bits per heavy atom. The number of carbonyl (C=O) groups excluding carboxylic acids is 1. The molecule has 4 nitrogen and oxygen atoms in total. The summed E-state index contributed by atoms with van der Waals surface area (Å²) in [5.74, 6) is 5.50. The summed E-state index contributed by atoms with van der Waals surface area (Å²) in [5.41, 5.74) is 0.159. The summed E-state index contributed by atoms with van der Waals surface area (Å²) >= 11 is 1.35. The van der Waals surface area contributed by atoms with Crippen molar-refractivity contribution in [3.63, 3.8) is 0 Å². The topological polar surface area (TPSA) is 54.9 Å². The van der Waals surface area contributed by atoms with Crippen LogP contribution < -0.4 is 5.32 Å². The van der Waals surface area contributed by atoms with Gasteiger partial charge in [-0.05, 0) is 25.8 Å². The van der Waals surface area contributed by atoms with Crippen molar-refractivity contribution in [2.45, 2.75) is 20.0 Å². The second-order valence-corrected chi connectivity index (χ2v) is 5.13. The number of nitrogens with zero attached hydrogens (tertiary/aromatic N) is 2. The van der Waals surface area contributed by atoms with E-state index in [0.717, 1.165) is 24.2 Å². The van der Waals surface area contributed by atoms with Gasteiger partial charge in [0.1, 0.15) is 11.2 Å². The predicted octanol–water partition coefficient (Wildman–Crippen LogP) is 3.51. The third-order valence-corrected chi connectivity index (χ3v) is 3.49. The van der Waals surface area contributed by atoms with Crippen LogP contribution >= 0.6 is 11.3 Å². The summed E-state index contributed by atoms with van der Waals surface area (Å²) < 4.78 is 37.6. The number of nitrogens with one attached hydrogen (secondary N) is 1. The quantitative estimate of drug-likeness (QED) is 0.637. The monoisotopic (exact) mass is 341 g/mol. The van der Waals surface area contributed by atoms with Crippen LogP contribution in [0.3, 0.4) is 0 Å². The minimum Gasteiger partial charge on any atom is -0.365 e. The van der Waals surface area contributed by atoms with Gasteiger partial charge >= 0.3 is 6.18 Å². The average Bonchev–Trinajstić information content (AvgIpc) is 2.86. The SMILES string of the molecule is CC=O.CNc1nc(C)c(C#Cc2cncc(C(F)(F)F)c2)s1. The lowest BCUT2D eigenvalue weighted by molar-refractivity contribution is -0.137. The smallest absolute Gasteiger partial charge is 0.365 e. The second kappa shape index (κ2) is 8.29. The van der Waals surface area contributed by atoms with Gasteiger partial charge in [-0.15, -0.1) is 0 Å². The van der Waals surface area contributed by atoms with E-state index >= 15 is 0 Å². The normalized spacial score (nSPS) is 10.0. The number of rotatable bonds is 1. The van der Waals surface area contributed by atoms with Gasteiger partial charge in [-0.25, -0.2) is 4.98 Å². The molecule has 0 aromatic carbocycles. The summed E-state index contributed by atoms with van der Waals surface area (Å²) in [6.07, 6.45) is -1.58. The Bertz CT molecular complexity index is 730. The number of halogens is 3. The van der Waals surface area contributed by atoms with E-state index in [1.54, 1.807) is 14.0 Å². The Labute approximate surface area is 135 Å². The summed E-state index contributed by atoms with van der Waals surface area (Å²) in [5, 5.41) is 3.61. The van der Waals surface area contributed by atoms with Gasteiger partial charge in [0.2, 0.25) is 0 Å². The van der Waals surface area contributed by atoms with Gasteiger partial charge in [0.15, 0.2) is 5.13 Å². The first-order valence-electron chi connectivity index (χ1n) is 6.41. The molecule has 2 aromatic rings. The number of hydrogen-bond donors (Lipinski definition) is 1. The highest BCUT2D eigenvalue weighted by molar-refractivity contribution is 7.16. The molecule has 0 atom stereocenters. The fourth-order valence-corrected chi connectivity index (χ4v) is 2.18. The number of thiazole rings is 1. The highest BCUT2D eigenvalue weighted by Gasteiger charge is 2.30. The molecule has 2 heterocycles. The Morgan fingerprint density at radius 1 is 1.30 bits per heavy atom. The van der Waals surface area contributed by atoms with E-state index in [1.165, 1.54) is 24.5 Å². The van der Waals surface area contributed by atoms with Crippen molar-refractivity contribution in [1.29, 1.82) is 0 Å². The molecule has 0 fully saturated rings. The highest BCUT2D eigenvalue weighted by atomic mass is 32.1. The molecule has 0 aliphatic heterocycles. The molecule has 2 aromatic heterocycles. The lowest BCUT2D eigenvalue weighted by Gasteiger charge is -2.04. The molecule has 0 saturated carbocycles. The van der Waals surface area contributed by atoms with E-state index in [1.807, 2.05) is 0 Å². The standard InChI is InChI=1S/C13H10F3N3S.C2H4O/c1-8-11(20-12(17-2)19-8)4-3-9-5-10(7-18-6-9)13(14,15)16;1-2-3/h5-7H,1-2H3,(H,17,19);2H,1H3. The van der Waals surface area contributed by atoms with Crippen LogP contribution in [0, 0.1) is 18.8 Å². The molecular weight excluding hydrogens is 327 g/mol. The van der Waals surface area contributed by atoms with Gasteiger partial charge in [0.05, 0.1) is 11.3 Å². The molecule has 0 spiro atoms. The number of aromatic nitrogens is 2. The molecule has 0 saturated heterocycles.